The van der Waals surface area contributed by atoms with Gasteiger partial charge in [0.05, 0.1) is 5.56 Å². The molecule has 0 aliphatic heterocycles. The number of carbonyl (C=O) groups excluding carboxylic acids is 2. The Kier molecular flexibility index (Phi) is 5.01. The molecule has 5 nitrogen and oxygen atoms in total. The Morgan fingerprint density at radius 1 is 1.13 bits per heavy atom. The normalized spacial score (nSPS) is 11.6. The van der Waals surface area contributed by atoms with E-state index >= 15 is 0 Å². The van der Waals surface area contributed by atoms with E-state index in [1.165, 1.54) is 0 Å². The predicted octanol–water partition coefficient (Wildman–Crippen LogP) is 2.81. The average molecular weight is 312 g/mol. The molecule has 2 aromatic rings. The number of ether oxygens (including phenoxy) is 1. The van der Waals surface area contributed by atoms with E-state index in [0.29, 0.717) is 5.75 Å². The third-order valence-corrected chi connectivity index (χ3v) is 3.47. The first-order valence-electron chi connectivity index (χ1n) is 7.32. The third kappa shape index (κ3) is 4.10. The monoisotopic (exact) mass is 312 g/mol. The molecule has 0 radical (unpaired) electrons. The molecule has 0 aliphatic rings. The number of anilines is 1. The number of amides is 2. The second-order valence-electron chi connectivity index (χ2n) is 5.43. The van der Waals surface area contributed by atoms with E-state index in [0.717, 1.165) is 16.8 Å². The molecule has 1 atom stereocenters. The second-order valence-corrected chi connectivity index (χ2v) is 5.43. The number of carbonyl (C=O) groups is 2. The highest BCUT2D eigenvalue weighted by Crippen LogP contribution is 2.20. The number of rotatable bonds is 5. The fraction of sp³-hybridized carbons (Fsp3) is 0.222. The highest BCUT2D eigenvalue weighted by Gasteiger charge is 2.18. The lowest BCUT2D eigenvalue weighted by Gasteiger charge is -2.17. The summed E-state index contributed by atoms with van der Waals surface area (Å²) in [6.07, 6.45) is -0.767. The minimum Gasteiger partial charge on any atom is -0.480 e. The Hall–Kier alpha value is -2.82. The summed E-state index contributed by atoms with van der Waals surface area (Å²) in [5.41, 5.74) is 8.39. The summed E-state index contributed by atoms with van der Waals surface area (Å²) in [5.74, 6) is -0.595. The van der Waals surface area contributed by atoms with Crippen molar-refractivity contribution in [1.82, 2.24) is 0 Å². The van der Waals surface area contributed by atoms with Gasteiger partial charge in [0.25, 0.3) is 11.8 Å². The molecule has 0 saturated carbocycles. The summed E-state index contributed by atoms with van der Waals surface area (Å²) in [5, 5.41) is 2.83. The SMILES string of the molecule is Cc1ccc(NC(=O)[C@@H](C)Oc2ccccc2C(N)=O)c(C)c1. The first-order chi connectivity index (χ1) is 10.9. The summed E-state index contributed by atoms with van der Waals surface area (Å²) in [7, 11) is 0. The van der Waals surface area contributed by atoms with Crippen LogP contribution in [0, 0.1) is 13.8 Å². The van der Waals surface area contributed by atoms with Gasteiger partial charge in [0.15, 0.2) is 6.10 Å². The van der Waals surface area contributed by atoms with Crippen LogP contribution in [0.15, 0.2) is 42.5 Å². The molecule has 0 spiro atoms. The maximum atomic E-state index is 12.3. The van der Waals surface area contributed by atoms with E-state index in [4.69, 9.17) is 10.5 Å². The van der Waals surface area contributed by atoms with E-state index in [1.807, 2.05) is 32.0 Å². The molecule has 5 heteroatoms. The Labute approximate surface area is 135 Å². The van der Waals surface area contributed by atoms with Crippen LogP contribution in [-0.2, 0) is 4.79 Å². The highest BCUT2D eigenvalue weighted by atomic mass is 16.5. The van der Waals surface area contributed by atoms with E-state index < -0.39 is 12.0 Å². The van der Waals surface area contributed by atoms with E-state index in [9.17, 15) is 9.59 Å². The Balaban J connectivity index is 2.10. The molecule has 2 amide bonds. The van der Waals surface area contributed by atoms with Crippen molar-refractivity contribution in [3.63, 3.8) is 0 Å². The summed E-state index contributed by atoms with van der Waals surface area (Å²) in [6.45, 7) is 5.54. The van der Waals surface area contributed by atoms with Gasteiger partial charge in [0, 0.05) is 5.69 Å². The number of hydrogen-bond donors (Lipinski definition) is 2. The smallest absolute Gasteiger partial charge is 0.265 e. The number of hydrogen-bond acceptors (Lipinski definition) is 3. The van der Waals surface area contributed by atoms with E-state index in [2.05, 4.69) is 5.32 Å². The number of para-hydroxylation sites is 1. The van der Waals surface area contributed by atoms with Crippen LogP contribution in [0.4, 0.5) is 5.69 Å². The van der Waals surface area contributed by atoms with E-state index in [-0.39, 0.29) is 11.5 Å². The zero-order valence-electron chi connectivity index (χ0n) is 13.4. The van der Waals surface area contributed by atoms with Crippen molar-refractivity contribution in [2.45, 2.75) is 26.9 Å². The molecule has 0 bridgehead atoms. The Bertz CT molecular complexity index is 741. The predicted molar refractivity (Wildman–Crippen MR) is 89.6 cm³/mol. The van der Waals surface area contributed by atoms with Crippen molar-refractivity contribution >= 4 is 17.5 Å². The van der Waals surface area contributed by atoms with Gasteiger partial charge in [-0.1, -0.05) is 29.8 Å². The third-order valence-electron chi connectivity index (χ3n) is 3.47. The van der Waals surface area contributed by atoms with Crippen molar-refractivity contribution in [3.8, 4) is 5.75 Å². The molecule has 120 valence electrons. The van der Waals surface area contributed by atoms with Gasteiger partial charge < -0.3 is 15.8 Å². The number of aryl methyl sites for hydroxylation is 2. The largest absolute Gasteiger partial charge is 0.480 e. The minimum atomic E-state index is -0.767. The fourth-order valence-electron chi connectivity index (χ4n) is 2.21. The van der Waals surface area contributed by atoms with Gasteiger partial charge in [-0.2, -0.15) is 0 Å². The van der Waals surface area contributed by atoms with Gasteiger partial charge in [-0.3, -0.25) is 9.59 Å². The molecule has 0 unspecified atom stereocenters. The molecule has 0 saturated heterocycles. The Morgan fingerprint density at radius 3 is 2.48 bits per heavy atom. The molecule has 0 aromatic heterocycles. The van der Waals surface area contributed by atoms with Crippen molar-refractivity contribution in [2.75, 3.05) is 5.32 Å². The van der Waals surface area contributed by atoms with Crippen LogP contribution in [0.25, 0.3) is 0 Å². The molecule has 3 N–H and O–H groups in total. The molecule has 2 rings (SSSR count). The number of benzene rings is 2. The Morgan fingerprint density at radius 2 is 1.83 bits per heavy atom. The van der Waals surface area contributed by atoms with Crippen molar-refractivity contribution in [3.05, 3.63) is 59.2 Å². The maximum absolute atomic E-state index is 12.3. The zero-order valence-corrected chi connectivity index (χ0v) is 13.4. The quantitative estimate of drug-likeness (QED) is 0.890. The van der Waals surface area contributed by atoms with Crippen molar-refractivity contribution < 1.29 is 14.3 Å². The van der Waals surface area contributed by atoms with Crippen LogP contribution in [0.2, 0.25) is 0 Å². The first-order valence-corrected chi connectivity index (χ1v) is 7.32. The molecular formula is C18H20N2O3. The van der Waals surface area contributed by atoms with Crippen LogP contribution in [0.1, 0.15) is 28.4 Å². The summed E-state index contributed by atoms with van der Waals surface area (Å²) in [4.78, 5) is 23.7. The maximum Gasteiger partial charge on any atom is 0.265 e. The molecule has 0 fully saturated rings. The fourth-order valence-corrected chi connectivity index (χ4v) is 2.21. The summed E-state index contributed by atoms with van der Waals surface area (Å²) < 4.78 is 5.59. The van der Waals surface area contributed by atoms with Crippen LogP contribution < -0.4 is 15.8 Å². The summed E-state index contributed by atoms with van der Waals surface area (Å²) in [6, 6.07) is 12.4. The van der Waals surface area contributed by atoms with Gasteiger partial charge >= 0.3 is 0 Å². The molecule has 2 aromatic carbocycles. The first kappa shape index (κ1) is 16.5. The lowest BCUT2D eigenvalue weighted by molar-refractivity contribution is -0.122. The van der Waals surface area contributed by atoms with Gasteiger partial charge in [-0.05, 0) is 44.5 Å². The molecular weight excluding hydrogens is 292 g/mol. The highest BCUT2D eigenvalue weighted by molar-refractivity contribution is 5.97. The molecule has 0 aliphatic carbocycles. The van der Waals surface area contributed by atoms with Crippen molar-refractivity contribution in [1.29, 1.82) is 0 Å². The molecule has 0 heterocycles. The average Bonchev–Trinajstić information content (AvgIpc) is 2.50. The van der Waals surface area contributed by atoms with Crippen LogP contribution >= 0.6 is 0 Å². The van der Waals surface area contributed by atoms with Crippen LogP contribution in [0.3, 0.4) is 0 Å². The second kappa shape index (κ2) is 6.96. The van der Waals surface area contributed by atoms with Crippen LogP contribution in [-0.4, -0.2) is 17.9 Å². The lowest BCUT2D eigenvalue weighted by atomic mass is 10.1. The van der Waals surface area contributed by atoms with Crippen LogP contribution in [0.5, 0.6) is 5.75 Å². The molecule has 23 heavy (non-hydrogen) atoms. The van der Waals surface area contributed by atoms with Gasteiger partial charge in [0.1, 0.15) is 5.75 Å². The summed E-state index contributed by atoms with van der Waals surface area (Å²) >= 11 is 0. The minimum absolute atomic E-state index is 0.249. The van der Waals surface area contributed by atoms with Gasteiger partial charge in [-0.25, -0.2) is 0 Å². The standard InChI is InChI=1S/C18H20N2O3/c1-11-8-9-15(12(2)10-11)20-18(22)13(3)23-16-7-5-4-6-14(16)17(19)21/h4-10,13H,1-3H3,(H2,19,21)(H,20,22)/t13-/m1/s1. The van der Waals surface area contributed by atoms with E-state index in [1.54, 1.807) is 31.2 Å². The topological polar surface area (TPSA) is 81.4 Å². The zero-order chi connectivity index (χ0) is 17.0. The lowest BCUT2D eigenvalue weighted by Crippen LogP contribution is -2.31. The van der Waals surface area contributed by atoms with Gasteiger partial charge in [-0.15, -0.1) is 0 Å². The number of primary amides is 1. The number of nitrogens with two attached hydrogens (primary N) is 1. The van der Waals surface area contributed by atoms with Crippen molar-refractivity contribution in [2.24, 2.45) is 5.73 Å². The number of nitrogens with one attached hydrogen (secondary N) is 1. The van der Waals surface area contributed by atoms with Gasteiger partial charge in [0.2, 0.25) is 0 Å².